The zero-order valence-corrected chi connectivity index (χ0v) is 12.1. The zero-order chi connectivity index (χ0) is 14.7. The third-order valence-corrected chi connectivity index (χ3v) is 3.88. The summed E-state index contributed by atoms with van der Waals surface area (Å²) in [7, 11) is 1.62. The molecule has 1 aliphatic heterocycles. The zero-order valence-electron chi connectivity index (χ0n) is 12.1. The summed E-state index contributed by atoms with van der Waals surface area (Å²) in [5.41, 5.74) is 1.66. The van der Waals surface area contributed by atoms with Crippen molar-refractivity contribution in [1.82, 2.24) is 10.6 Å². The Hall–Kier alpha value is -2.01. The van der Waals surface area contributed by atoms with Gasteiger partial charge in [-0.15, -0.1) is 0 Å². The molecule has 0 aliphatic carbocycles. The number of carbonyl (C=O) groups excluding carboxylic acids is 1. The highest BCUT2D eigenvalue weighted by Crippen LogP contribution is 2.25. The van der Waals surface area contributed by atoms with Crippen molar-refractivity contribution in [2.75, 3.05) is 20.2 Å². The quantitative estimate of drug-likeness (QED) is 0.901. The monoisotopic (exact) mass is 288 g/mol. The van der Waals surface area contributed by atoms with Crippen LogP contribution in [0.15, 0.2) is 28.9 Å². The molecule has 112 valence electrons. The minimum atomic E-state index is 0.0437. The second kappa shape index (κ2) is 6.18. The van der Waals surface area contributed by atoms with Gasteiger partial charge in [0.2, 0.25) is 5.91 Å². The minimum Gasteiger partial charge on any atom is -0.497 e. The van der Waals surface area contributed by atoms with Crippen molar-refractivity contribution in [1.29, 1.82) is 0 Å². The van der Waals surface area contributed by atoms with Gasteiger partial charge in [-0.3, -0.25) is 4.79 Å². The van der Waals surface area contributed by atoms with Crippen LogP contribution in [0.3, 0.4) is 0 Å². The molecule has 3 rings (SSSR count). The van der Waals surface area contributed by atoms with E-state index in [0.717, 1.165) is 48.2 Å². The van der Waals surface area contributed by atoms with E-state index in [2.05, 4.69) is 10.6 Å². The van der Waals surface area contributed by atoms with Gasteiger partial charge in [-0.2, -0.15) is 0 Å². The van der Waals surface area contributed by atoms with Crippen molar-refractivity contribution >= 4 is 16.9 Å². The number of fused-ring (bicyclic) bond motifs is 1. The predicted molar refractivity (Wildman–Crippen MR) is 80.5 cm³/mol. The van der Waals surface area contributed by atoms with Crippen molar-refractivity contribution < 1.29 is 13.9 Å². The van der Waals surface area contributed by atoms with Crippen LogP contribution in [0.4, 0.5) is 0 Å². The number of hydrogen-bond acceptors (Lipinski definition) is 4. The molecule has 1 unspecified atom stereocenters. The highest BCUT2D eigenvalue weighted by molar-refractivity contribution is 5.88. The molecule has 1 atom stereocenters. The molecule has 0 radical (unpaired) electrons. The maximum Gasteiger partial charge on any atom is 0.224 e. The largest absolute Gasteiger partial charge is 0.497 e. The summed E-state index contributed by atoms with van der Waals surface area (Å²) in [4.78, 5) is 12.1. The number of rotatable bonds is 4. The number of methoxy groups -OCH3 is 1. The lowest BCUT2D eigenvalue weighted by molar-refractivity contribution is -0.121. The van der Waals surface area contributed by atoms with Gasteiger partial charge in [-0.05, 0) is 31.5 Å². The summed E-state index contributed by atoms with van der Waals surface area (Å²) in [6, 6.07) is 5.89. The second-order valence-corrected chi connectivity index (χ2v) is 5.41. The molecule has 0 spiro atoms. The minimum absolute atomic E-state index is 0.0437. The number of furan rings is 1. The normalized spacial score (nSPS) is 18.6. The van der Waals surface area contributed by atoms with Crippen LogP contribution in [0.2, 0.25) is 0 Å². The van der Waals surface area contributed by atoms with Crippen molar-refractivity contribution in [3.05, 3.63) is 30.0 Å². The summed E-state index contributed by atoms with van der Waals surface area (Å²) in [5.74, 6) is 0.795. The Kier molecular flexibility index (Phi) is 4.10. The molecule has 1 amide bonds. The Morgan fingerprint density at radius 1 is 1.52 bits per heavy atom. The average Bonchev–Trinajstić information content (AvgIpc) is 2.90. The Balaban J connectivity index is 1.68. The fraction of sp³-hybridized carbons (Fsp3) is 0.438. The first-order valence-electron chi connectivity index (χ1n) is 7.30. The highest BCUT2D eigenvalue weighted by atomic mass is 16.5. The summed E-state index contributed by atoms with van der Waals surface area (Å²) < 4.78 is 10.7. The van der Waals surface area contributed by atoms with E-state index in [4.69, 9.17) is 9.15 Å². The standard InChI is InChI=1S/C16H20N2O3/c1-20-13-4-5-14-11(10-21-15(14)8-13)7-16(19)18-12-3-2-6-17-9-12/h4-5,8,10,12,17H,2-3,6-7,9H2,1H3,(H,18,19). The Morgan fingerprint density at radius 2 is 2.43 bits per heavy atom. The maximum absolute atomic E-state index is 12.1. The molecular weight excluding hydrogens is 268 g/mol. The van der Waals surface area contributed by atoms with Gasteiger partial charge in [0.1, 0.15) is 11.3 Å². The lowest BCUT2D eigenvalue weighted by Gasteiger charge is -2.23. The van der Waals surface area contributed by atoms with Gasteiger partial charge >= 0.3 is 0 Å². The molecule has 1 aliphatic rings. The Labute approximate surface area is 123 Å². The molecule has 2 aromatic rings. The van der Waals surface area contributed by atoms with E-state index in [1.54, 1.807) is 13.4 Å². The van der Waals surface area contributed by atoms with Crippen molar-refractivity contribution in [2.45, 2.75) is 25.3 Å². The van der Waals surface area contributed by atoms with E-state index in [9.17, 15) is 4.79 Å². The van der Waals surface area contributed by atoms with E-state index in [1.165, 1.54) is 0 Å². The number of hydrogen-bond donors (Lipinski definition) is 2. The number of benzene rings is 1. The van der Waals surface area contributed by atoms with Gasteiger partial charge in [0, 0.05) is 29.6 Å². The van der Waals surface area contributed by atoms with Crippen molar-refractivity contribution in [3.63, 3.8) is 0 Å². The smallest absolute Gasteiger partial charge is 0.224 e. The number of nitrogens with one attached hydrogen (secondary N) is 2. The average molecular weight is 288 g/mol. The molecule has 2 heterocycles. The van der Waals surface area contributed by atoms with Crippen LogP contribution < -0.4 is 15.4 Å². The Morgan fingerprint density at radius 3 is 3.19 bits per heavy atom. The first kappa shape index (κ1) is 13.9. The van der Waals surface area contributed by atoms with E-state index < -0.39 is 0 Å². The lowest BCUT2D eigenvalue weighted by Crippen LogP contribution is -2.46. The summed E-state index contributed by atoms with van der Waals surface area (Å²) in [6.07, 6.45) is 4.15. The van der Waals surface area contributed by atoms with Crippen molar-refractivity contribution in [2.24, 2.45) is 0 Å². The van der Waals surface area contributed by atoms with Gasteiger partial charge in [0.05, 0.1) is 19.8 Å². The number of amides is 1. The number of ether oxygens (including phenoxy) is 1. The van der Waals surface area contributed by atoms with Crippen LogP contribution in [0.1, 0.15) is 18.4 Å². The molecule has 5 heteroatoms. The van der Waals surface area contributed by atoms with Gasteiger partial charge in [0.15, 0.2) is 0 Å². The summed E-state index contributed by atoms with van der Waals surface area (Å²) in [5, 5.41) is 7.34. The lowest BCUT2D eigenvalue weighted by atomic mass is 10.1. The maximum atomic E-state index is 12.1. The summed E-state index contributed by atoms with van der Waals surface area (Å²) >= 11 is 0. The van der Waals surface area contributed by atoms with Gasteiger partial charge in [-0.1, -0.05) is 0 Å². The molecule has 5 nitrogen and oxygen atoms in total. The molecule has 21 heavy (non-hydrogen) atoms. The van der Waals surface area contributed by atoms with Crippen LogP contribution in [0.25, 0.3) is 11.0 Å². The molecule has 2 N–H and O–H groups in total. The fourth-order valence-corrected chi connectivity index (χ4v) is 2.75. The van der Waals surface area contributed by atoms with Crippen LogP contribution >= 0.6 is 0 Å². The SMILES string of the molecule is COc1ccc2c(CC(=O)NC3CCCNC3)coc2c1. The van der Waals surface area contributed by atoms with Gasteiger partial charge in [0.25, 0.3) is 0 Å². The van der Waals surface area contributed by atoms with E-state index in [-0.39, 0.29) is 11.9 Å². The molecular formula is C16H20N2O3. The number of carbonyl (C=O) groups is 1. The third kappa shape index (κ3) is 3.19. The first-order chi connectivity index (χ1) is 10.3. The number of piperidine rings is 1. The summed E-state index contributed by atoms with van der Waals surface area (Å²) in [6.45, 7) is 1.90. The molecule has 0 bridgehead atoms. The van der Waals surface area contributed by atoms with Crippen molar-refractivity contribution in [3.8, 4) is 5.75 Å². The second-order valence-electron chi connectivity index (χ2n) is 5.41. The van der Waals surface area contributed by atoms with E-state index >= 15 is 0 Å². The molecule has 1 aromatic heterocycles. The molecule has 0 saturated carbocycles. The Bertz CT molecular complexity index is 629. The first-order valence-corrected chi connectivity index (χ1v) is 7.30. The van der Waals surface area contributed by atoms with E-state index in [1.807, 2.05) is 18.2 Å². The van der Waals surface area contributed by atoms with Crippen LogP contribution in [0, 0.1) is 0 Å². The van der Waals surface area contributed by atoms with Gasteiger partial charge in [-0.25, -0.2) is 0 Å². The highest BCUT2D eigenvalue weighted by Gasteiger charge is 2.17. The molecule has 1 fully saturated rings. The molecule has 1 aromatic carbocycles. The van der Waals surface area contributed by atoms with Crippen LogP contribution in [-0.4, -0.2) is 32.1 Å². The van der Waals surface area contributed by atoms with E-state index in [0.29, 0.717) is 6.42 Å². The predicted octanol–water partition coefficient (Wildman–Crippen LogP) is 1.85. The third-order valence-electron chi connectivity index (χ3n) is 3.88. The van der Waals surface area contributed by atoms with Gasteiger partial charge < -0.3 is 19.8 Å². The van der Waals surface area contributed by atoms with Crippen LogP contribution in [0.5, 0.6) is 5.75 Å². The fourth-order valence-electron chi connectivity index (χ4n) is 2.75. The molecule has 1 saturated heterocycles. The van der Waals surface area contributed by atoms with Crippen LogP contribution in [-0.2, 0) is 11.2 Å². The topological polar surface area (TPSA) is 63.5 Å².